The molecule has 8 heteroatoms. The number of hydrogen-bond donors (Lipinski definition) is 1. The highest BCUT2D eigenvalue weighted by Gasteiger charge is 2.18. The van der Waals surface area contributed by atoms with Crippen molar-refractivity contribution in [2.45, 2.75) is 26.4 Å². The minimum absolute atomic E-state index is 0.0893. The fraction of sp³-hybridized carbons (Fsp3) is 0.250. The summed E-state index contributed by atoms with van der Waals surface area (Å²) in [5.41, 5.74) is 1.81. The molecule has 0 radical (unpaired) electrons. The lowest BCUT2D eigenvalue weighted by molar-refractivity contribution is 0.0529. The molecule has 1 N–H and O–H groups in total. The third kappa shape index (κ3) is 5.09. The number of halogens is 2. The monoisotopic (exact) mass is 394 g/mol. The summed E-state index contributed by atoms with van der Waals surface area (Å²) >= 11 is 3.20. The van der Waals surface area contributed by atoms with Crippen LogP contribution in [-0.2, 0) is 4.74 Å². The third-order valence-electron chi connectivity index (χ3n) is 2.62. The number of rotatable bonds is 3. The number of carbonyl (C=O) groups is 1. The number of hydrazone groups is 1. The number of aromatic nitrogens is 2. The summed E-state index contributed by atoms with van der Waals surface area (Å²) in [5, 5.41) is 3.95. The van der Waals surface area contributed by atoms with Crippen LogP contribution in [0, 0.1) is 5.82 Å². The first-order valence-corrected chi connectivity index (χ1v) is 7.85. The van der Waals surface area contributed by atoms with Gasteiger partial charge in [-0.15, -0.1) is 0 Å². The van der Waals surface area contributed by atoms with E-state index >= 15 is 0 Å². The number of amides is 1. The van der Waals surface area contributed by atoms with Crippen molar-refractivity contribution in [2.24, 2.45) is 5.10 Å². The molecule has 1 heterocycles. The Balaban J connectivity index is 2.37. The zero-order chi connectivity index (χ0) is 17.7. The lowest BCUT2D eigenvalue weighted by atomic mass is 10.1. The van der Waals surface area contributed by atoms with Gasteiger partial charge in [-0.25, -0.2) is 24.6 Å². The molecule has 24 heavy (non-hydrogen) atoms. The number of ether oxygens (including phenoxy) is 1. The Labute approximate surface area is 147 Å². The van der Waals surface area contributed by atoms with Gasteiger partial charge in [-0.1, -0.05) is 15.9 Å². The lowest BCUT2D eigenvalue weighted by Gasteiger charge is -2.18. The quantitative estimate of drug-likeness (QED) is 0.636. The fourth-order valence-electron chi connectivity index (χ4n) is 1.74. The Morgan fingerprint density at radius 1 is 1.29 bits per heavy atom. The van der Waals surface area contributed by atoms with Crippen LogP contribution in [0.5, 0.6) is 0 Å². The second-order valence-electron chi connectivity index (χ2n) is 5.77. The molecule has 0 aliphatic heterocycles. The summed E-state index contributed by atoms with van der Waals surface area (Å²) in [6.07, 6.45) is 2.25. The lowest BCUT2D eigenvalue weighted by Crippen LogP contribution is -2.30. The maximum Gasteiger partial charge on any atom is 0.428 e. The van der Waals surface area contributed by atoms with Crippen LogP contribution in [0.15, 0.2) is 46.2 Å². The van der Waals surface area contributed by atoms with Gasteiger partial charge in [0.2, 0.25) is 0 Å². The second-order valence-corrected chi connectivity index (χ2v) is 6.69. The first kappa shape index (κ1) is 18.0. The van der Waals surface area contributed by atoms with Crippen molar-refractivity contribution >= 4 is 27.7 Å². The van der Waals surface area contributed by atoms with Crippen LogP contribution in [0.1, 0.15) is 32.2 Å². The highest BCUT2D eigenvalue weighted by atomic mass is 79.9. The molecule has 0 spiro atoms. The number of benzene rings is 1. The minimum atomic E-state index is -0.756. The van der Waals surface area contributed by atoms with Gasteiger partial charge in [0.1, 0.15) is 17.1 Å². The van der Waals surface area contributed by atoms with Crippen LogP contribution >= 0.6 is 15.9 Å². The highest BCUT2D eigenvalue weighted by Crippen LogP contribution is 2.18. The van der Waals surface area contributed by atoms with Crippen molar-refractivity contribution in [2.75, 3.05) is 0 Å². The van der Waals surface area contributed by atoms with E-state index in [4.69, 9.17) is 4.74 Å². The second kappa shape index (κ2) is 7.48. The summed E-state index contributed by atoms with van der Waals surface area (Å²) < 4.78 is 20.0. The van der Waals surface area contributed by atoms with Crippen LogP contribution in [0.25, 0.3) is 0 Å². The Bertz CT molecular complexity index is 760. The molecule has 0 aliphatic rings. The van der Waals surface area contributed by atoms with E-state index in [0.29, 0.717) is 4.47 Å². The first-order chi connectivity index (χ1) is 11.3. The van der Waals surface area contributed by atoms with Gasteiger partial charge in [0.25, 0.3) is 0 Å². The summed E-state index contributed by atoms with van der Waals surface area (Å²) in [4.78, 5) is 19.9. The van der Waals surface area contributed by atoms with Crippen molar-refractivity contribution in [3.05, 3.63) is 58.3 Å². The molecule has 0 saturated heterocycles. The topological polar surface area (TPSA) is 76.5 Å². The van der Waals surface area contributed by atoms with Gasteiger partial charge in [-0.05, 0) is 45.0 Å². The number of hydrogen-bond acceptors (Lipinski definition) is 5. The summed E-state index contributed by atoms with van der Waals surface area (Å²) in [6.45, 7) is 5.18. The van der Waals surface area contributed by atoms with Crippen molar-refractivity contribution in [3.8, 4) is 0 Å². The van der Waals surface area contributed by atoms with Crippen molar-refractivity contribution in [3.63, 3.8) is 0 Å². The molecule has 126 valence electrons. The molecule has 0 unspecified atom stereocenters. The maximum absolute atomic E-state index is 14.3. The predicted molar refractivity (Wildman–Crippen MR) is 91.1 cm³/mol. The third-order valence-corrected chi connectivity index (χ3v) is 3.11. The minimum Gasteiger partial charge on any atom is -0.443 e. The highest BCUT2D eigenvalue weighted by molar-refractivity contribution is 9.10. The van der Waals surface area contributed by atoms with Crippen molar-refractivity contribution < 1.29 is 13.9 Å². The molecular formula is C16H16BrFN4O2. The van der Waals surface area contributed by atoms with Crippen LogP contribution < -0.4 is 5.43 Å². The van der Waals surface area contributed by atoms with Crippen molar-refractivity contribution in [1.82, 2.24) is 15.4 Å². The van der Waals surface area contributed by atoms with E-state index in [9.17, 15) is 9.18 Å². The molecule has 0 saturated carbocycles. The molecule has 0 aliphatic carbocycles. The normalized spacial score (nSPS) is 12.0. The van der Waals surface area contributed by atoms with Gasteiger partial charge in [0.15, 0.2) is 5.82 Å². The molecule has 1 aromatic carbocycles. The molecule has 6 nitrogen and oxygen atoms in total. The fourth-order valence-corrected chi connectivity index (χ4v) is 2.07. The summed E-state index contributed by atoms with van der Waals surface area (Å²) in [5.74, 6) is -0.351. The smallest absolute Gasteiger partial charge is 0.428 e. The van der Waals surface area contributed by atoms with E-state index in [2.05, 4.69) is 36.4 Å². The zero-order valence-electron chi connectivity index (χ0n) is 13.4. The van der Waals surface area contributed by atoms with Gasteiger partial charge >= 0.3 is 6.09 Å². The average Bonchev–Trinajstić information content (AvgIpc) is 2.48. The van der Waals surface area contributed by atoms with E-state index in [1.165, 1.54) is 24.5 Å². The van der Waals surface area contributed by atoms with Gasteiger partial charge in [0, 0.05) is 22.4 Å². The number of nitrogens with zero attached hydrogens (tertiary/aromatic N) is 3. The number of carbonyl (C=O) groups excluding carboxylic acids is 1. The van der Waals surface area contributed by atoms with Crippen LogP contribution in [0.2, 0.25) is 0 Å². The molecule has 0 atom stereocenters. The Morgan fingerprint density at radius 3 is 2.54 bits per heavy atom. The Kier molecular flexibility index (Phi) is 5.61. The van der Waals surface area contributed by atoms with Crippen LogP contribution in [0.3, 0.4) is 0 Å². The summed E-state index contributed by atoms with van der Waals surface area (Å²) in [6, 6.07) is 6.09. The number of nitrogens with one attached hydrogen (secondary N) is 1. The van der Waals surface area contributed by atoms with Gasteiger partial charge < -0.3 is 4.74 Å². The Morgan fingerprint density at radius 2 is 1.96 bits per heavy atom. The van der Waals surface area contributed by atoms with Gasteiger partial charge in [0.05, 0.1) is 0 Å². The standard InChI is InChI=1S/C16H16BrFN4O2/c1-16(2,3)24-15(23)22-21-13(14-19-7-4-8-20-14)11-6-5-10(17)9-12(11)18/h4-9H,1-3H3,(H,22,23)/b21-13+. The molecule has 0 bridgehead atoms. The van der Waals surface area contributed by atoms with Gasteiger partial charge in [-0.2, -0.15) is 5.10 Å². The predicted octanol–water partition coefficient (Wildman–Crippen LogP) is 3.66. The molecular weight excluding hydrogens is 379 g/mol. The average molecular weight is 395 g/mol. The van der Waals surface area contributed by atoms with E-state index in [0.717, 1.165) is 0 Å². The Hall–Kier alpha value is -2.35. The first-order valence-electron chi connectivity index (χ1n) is 7.06. The van der Waals surface area contributed by atoms with E-state index in [1.807, 2.05) is 0 Å². The van der Waals surface area contributed by atoms with Gasteiger partial charge in [-0.3, -0.25) is 0 Å². The van der Waals surface area contributed by atoms with Crippen molar-refractivity contribution in [1.29, 1.82) is 0 Å². The molecule has 2 aromatic rings. The molecule has 0 fully saturated rings. The van der Waals surface area contributed by atoms with Crippen LogP contribution in [0.4, 0.5) is 9.18 Å². The van der Waals surface area contributed by atoms with E-state index in [1.54, 1.807) is 32.9 Å². The SMILES string of the molecule is CC(C)(C)OC(=O)N/N=C(/c1ncccn1)c1ccc(Br)cc1F. The maximum atomic E-state index is 14.3. The molecule has 1 amide bonds. The molecule has 2 rings (SSSR count). The van der Waals surface area contributed by atoms with E-state index < -0.39 is 17.5 Å². The zero-order valence-corrected chi connectivity index (χ0v) is 15.0. The van der Waals surface area contributed by atoms with Crippen LogP contribution in [-0.4, -0.2) is 27.4 Å². The largest absolute Gasteiger partial charge is 0.443 e. The van der Waals surface area contributed by atoms with E-state index in [-0.39, 0.29) is 17.1 Å². The molecule has 1 aromatic heterocycles. The summed E-state index contributed by atoms with van der Waals surface area (Å²) in [7, 11) is 0.